The number of anilines is 1. The SMILES string of the molecule is CC(=O)c1ccccc1NC(=O)Cc1ccc(C)c(C)c1. The molecule has 0 saturated heterocycles. The van der Waals surface area contributed by atoms with Crippen molar-refractivity contribution in [3.8, 4) is 0 Å². The molecule has 0 spiro atoms. The van der Waals surface area contributed by atoms with Crippen LogP contribution in [0.15, 0.2) is 42.5 Å². The second kappa shape index (κ2) is 6.35. The van der Waals surface area contributed by atoms with Crippen molar-refractivity contribution < 1.29 is 9.59 Å². The highest BCUT2D eigenvalue weighted by Gasteiger charge is 2.10. The van der Waals surface area contributed by atoms with E-state index in [1.165, 1.54) is 18.1 Å². The highest BCUT2D eigenvalue weighted by atomic mass is 16.1. The normalized spacial score (nSPS) is 10.2. The molecule has 1 N–H and O–H groups in total. The molecule has 0 aliphatic rings. The van der Waals surface area contributed by atoms with E-state index in [-0.39, 0.29) is 11.7 Å². The molecule has 0 aliphatic carbocycles. The van der Waals surface area contributed by atoms with Gasteiger partial charge in [-0.1, -0.05) is 30.3 Å². The molecule has 2 aromatic rings. The Morgan fingerprint density at radius 1 is 1.00 bits per heavy atom. The van der Waals surface area contributed by atoms with Crippen LogP contribution in [0.4, 0.5) is 5.69 Å². The molecule has 0 aliphatic heterocycles. The summed E-state index contributed by atoms with van der Waals surface area (Å²) in [5.41, 5.74) is 4.45. The molecule has 3 heteroatoms. The van der Waals surface area contributed by atoms with E-state index in [4.69, 9.17) is 0 Å². The van der Waals surface area contributed by atoms with Crippen LogP contribution in [-0.4, -0.2) is 11.7 Å². The maximum Gasteiger partial charge on any atom is 0.228 e. The minimum absolute atomic E-state index is 0.0583. The van der Waals surface area contributed by atoms with Gasteiger partial charge in [0.05, 0.1) is 12.1 Å². The second-order valence-corrected chi connectivity index (χ2v) is 5.25. The van der Waals surface area contributed by atoms with Crippen LogP contribution in [0.25, 0.3) is 0 Å². The van der Waals surface area contributed by atoms with E-state index in [2.05, 4.69) is 5.32 Å². The number of nitrogens with one attached hydrogen (secondary N) is 1. The molecule has 0 unspecified atom stereocenters. The van der Waals surface area contributed by atoms with E-state index >= 15 is 0 Å². The fourth-order valence-electron chi connectivity index (χ4n) is 2.19. The van der Waals surface area contributed by atoms with Crippen LogP contribution in [0.1, 0.15) is 34.0 Å². The molecule has 0 saturated carbocycles. The number of ketones is 1. The van der Waals surface area contributed by atoms with Gasteiger partial charge in [0.15, 0.2) is 5.78 Å². The number of para-hydroxylation sites is 1. The van der Waals surface area contributed by atoms with Gasteiger partial charge in [0.2, 0.25) is 5.91 Å². The first-order valence-electron chi connectivity index (χ1n) is 6.93. The lowest BCUT2D eigenvalue weighted by Crippen LogP contribution is -2.16. The van der Waals surface area contributed by atoms with Gasteiger partial charge in [-0.25, -0.2) is 0 Å². The average Bonchev–Trinajstić information content (AvgIpc) is 2.43. The van der Waals surface area contributed by atoms with E-state index < -0.39 is 0 Å². The van der Waals surface area contributed by atoms with Crippen LogP contribution < -0.4 is 5.32 Å². The summed E-state index contributed by atoms with van der Waals surface area (Å²) < 4.78 is 0. The first kappa shape index (κ1) is 15.0. The predicted molar refractivity (Wildman–Crippen MR) is 84.7 cm³/mol. The van der Waals surface area contributed by atoms with Crippen LogP contribution >= 0.6 is 0 Å². The highest BCUT2D eigenvalue weighted by Crippen LogP contribution is 2.16. The van der Waals surface area contributed by atoms with E-state index in [0.717, 1.165) is 5.56 Å². The van der Waals surface area contributed by atoms with Crippen LogP contribution in [0.3, 0.4) is 0 Å². The molecule has 0 bridgehead atoms. The van der Waals surface area contributed by atoms with E-state index in [1.807, 2.05) is 32.0 Å². The van der Waals surface area contributed by atoms with Gasteiger partial charge >= 0.3 is 0 Å². The molecular weight excluding hydrogens is 262 g/mol. The summed E-state index contributed by atoms with van der Waals surface area (Å²) in [6, 6.07) is 13.0. The maximum absolute atomic E-state index is 12.1. The Labute approximate surface area is 125 Å². The van der Waals surface area contributed by atoms with Crippen LogP contribution in [0.2, 0.25) is 0 Å². The number of hydrogen-bond acceptors (Lipinski definition) is 2. The second-order valence-electron chi connectivity index (χ2n) is 5.25. The summed E-state index contributed by atoms with van der Waals surface area (Å²) in [6.07, 6.45) is 0.299. The van der Waals surface area contributed by atoms with Crippen molar-refractivity contribution >= 4 is 17.4 Å². The number of benzene rings is 2. The Hall–Kier alpha value is -2.42. The maximum atomic E-state index is 12.1. The zero-order valence-electron chi connectivity index (χ0n) is 12.6. The predicted octanol–water partition coefficient (Wildman–Crippen LogP) is 3.69. The largest absolute Gasteiger partial charge is 0.325 e. The number of rotatable bonds is 4. The highest BCUT2D eigenvalue weighted by molar-refractivity contribution is 6.04. The Morgan fingerprint density at radius 2 is 1.71 bits per heavy atom. The third-order valence-corrected chi connectivity index (χ3v) is 3.52. The minimum Gasteiger partial charge on any atom is -0.325 e. The van der Waals surface area contributed by atoms with Gasteiger partial charge in [-0.05, 0) is 49.6 Å². The van der Waals surface area contributed by atoms with Gasteiger partial charge < -0.3 is 5.32 Å². The molecule has 21 heavy (non-hydrogen) atoms. The summed E-state index contributed by atoms with van der Waals surface area (Å²) in [5.74, 6) is -0.177. The number of aryl methyl sites for hydroxylation is 2. The topological polar surface area (TPSA) is 46.2 Å². The van der Waals surface area contributed by atoms with E-state index in [1.54, 1.807) is 24.3 Å². The number of hydrogen-bond donors (Lipinski definition) is 1. The zero-order chi connectivity index (χ0) is 15.4. The van der Waals surface area contributed by atoms with Crippen molar-refractivity contribution in [1.29, 1.82) is 0 Å². The molecule has 3 nitrogen and oxygen atoms in total. The van der Waals surface area contributed by atoms with Crippen molar-refractivity contribution in [3.05, 3.63) is 64.7 Å². The van der Waals surface area contributed by atoms with Crippen LogP contribution in [0.5, 0.6) is 0 Å². The lowest BCUT2D eigenvalue weighted by Gasteiger charge is -2.10. The first-order valence-corrected chi connectivity index (χ1v) is 6.93. The Balaban J connectivity index is 2.12. The first-order chi connectivity index (χ1) is 9.97. The molecular formula is C18H19NO2. The lowest BCUT2D eigenvalue weighted by atomic mass is 10.0. The van der Waals surface area contributed by atoms with Gasteiger partial charge in [0.1, 0.15) is 0 Å². The number of carbonyl (C=O) groups is 2. The van der Waals surface area contributed by atoms with Crippen molar-refractivity contribution in [2.24, 2.45) is 0 Å². The number of Topliss-reactive ketones (excluding diaryl/α,β-unsaturated/α-hetero) is 1. The quantitative estimate of drug-likeness (QED) is 0.869. The van der Waals surface area contributed by atoms with E-state index in [9.17, 15) is 9.59 Å². The number of carbonyl (C=O) groups excluding carboxylic acids is 2. The van der Waals surface area contributed by atoms with Gasteiger partial charge in [0, 0.05) is 5.56 Å². The molecule has 0 heterocycles. The monoisotopic (exact) mass is 281 g/mol. The minimum atomic E-state index is -0.119. The molecule has 0 atom stereocenters. The third-order valence-electron chi connectivity index (χ3n) is 3.52. The fraction of sp³-hybridized carbons (Fsp3) is 0.222. The molecule has 1 amide bonds. The van der Waals surface area contributed by atoms with Gasteiger partial charge in [-0.15, -0.1) is 0 Å². The van der Waals surface area contributed by atoms with Crippen molar-refractivity contribution in [2.75, 3.05) is 5.32 Å². The number of amides is 1. The van der Waals surface area contributed by atoms with Crippen LogP contribution in [-0.2, 0) is 11.2 Å². The summed E-state index contributed by atoms with van der Waals surface area (Å²) in [5, 5.41) is 2.81. The van der Waals surface area contributed by atoms with Gasteiger partial charge in [-0.3, -0.25) is 9.59 Å². The Morgan fingerprint density at radius 3 is 2.38 bits per heavy atom. The Bertz CT molecular complexity index is 689. The third kappa shape index (κ3) is 3.78. The molecule has 2 aromatic carbocycles. The van der Waals surface area contributed by atoms with Crippen molar-refractivity contribution in [1.82, 2.24) is 0 Å². The lowest BCUT2D eigenvalue weighted by molar-refractivity contribution is -0.115. The van der Waals surface area contributed by atoms with Crippen LogP contribution in [0, 0.1) is 13.8 Å². The average molecular weight is 281 g/mol. The summed E-state index contributed by atoms with van der Waals surface area (Å²) in [6.45, 7) is 5.57. The summed E-state index contributed by atoms with van der Waals surface area (Å²) in [7, 11) is 0. The van der Waals surface area contributed by atoms with Gasteiger partial charge in [-0.2, -0.15) is 0 Å². The molecule has 2 rings (SSSR count). The van der Waals surface area contributed by atoms with Crippen molar-refractivity contribution in [2.45, 2.75) is 27.2 Å². The Kier molecular flexibility index (Phi) is 4.53. The zero-order valence-corrected chi connectivity index (χ0v) is 12.6. The summed E-state index contributed by atoms with van der Waals surface area (Å²) in [4.78, 5) is 23.7. The molecule has 0 fully saturated rings. The molecule has 108 valence electrons. The molecule has 0 radical (unpaired) electrons. The van der Waals surface area contributed by atoms with E-state index in [0.29, 0.717) is 17.7 Å². The van der Waals surface area contributed by atoms with Crippen molar-refractivity contribution in [3.63, 3.8) is 0 Å². The smallest absolute Gasteiger partial charge is 0.228 e. The van der Waals surface area contributed by atoms with Gasteiger partial charge in [0.25, 0.3) is 0 Å². The standard InChI is InChI=1S/C18H19NO2/c1-12-8-9-15(10-13(12)2)11-18(21)19-17-7-5-4-6-16(17)14(3)20/h4-10H,11H2,1-3H3,(H,19,21). The molecule has 0 aromatic heterocycles. The fourth-order valence-corrected chi connectivity index (χ4v) is 2.19. The summed E-state index contributed by atoms with van der Waals surface area (Å²) >= 11 is 0.